The second kappa shape index (κ2) is 5.52. The number of carbonyl (C=O) groups is 1. The van der Waals surface area contributed by atoms with E-state index in [2.05, 4.69) is 10.3 Å². The number of carboxylic acids is 1. The van der Waals surface area contributed by atoms with Crippen LogP contribution in [0.5, 0.6) is 0 Å². The van der Waals surface area contributed by atoms with Crippen molar-refractivity contribution >= 4 is 45.6 Å². The van der Waals surface area contributed by atoms with Crippen molar-refractivity contribution in [1.82, 2.24) is 9.38 Å². The number of nitrogens with one attached hydrogen (secondary N) is 1. The fraction of sp³-hybridized carbons (Fsp3) is 0. The normalized spacial score (nSPS) is 10.9. The van der Waals surface area contributed by atoms with Gasteiger partial charge in [-0.15, -0.1) is 0 Å². The predicted octanol–water partition coefficient (Wildman–Crippen LogP) is 3.66. The Kier molecular flexibility index (Phi) is 3.69. The number of aromatic nitrogens is 2. The molecule has 0 bridgehead atoms. The molecule has 0 amide bonds. The van der Waals surface area contributed by atoms with Gasteiger partial charge in [-0.2, -0.15) is 4.39 Å². The zero-order valence-electron chi connectivity index (χ0n) is 10.8. The van der Waals surface area contributed by atoms with Crippen LogP contribution in [0.1, 0.15) is 10.4 Å². The average molecular weight is 415 g/mol. The lowest BCUT2D eigenvalue weighted by molar-refractivity contribution is 0.0697. The van der Waals surface area contributed by atoms with Crippen molar-refractivity contribution in [3.63, 3.8) is 0 Å². The number of pyridine rings is 1. The van der Waals surface area contributed by atoms with Crippen LogP contribution in [0.3, 0.4) is 0 Å². The van der Waals surface area contributed by atoms with E-state index in [-0.39, 0.29) is 22.6 Å². The van der Waals surface area contributed by atoms with Crippen LogP contribution in [0.4, 0.5) is 20.3 Å². The summed E-state index contributed by atoms with van der Waals surface area (Å²) in [6.07, 6.45) is 1.14. The zero-order chi connectivity index (χ0) is 15.9. The van der Waals surface area contributed by atoms with E-state index in [1.165, 1.54) is 28.7 Å². The largest absolute Gasteiger partial charge is 0.478 e. The molecule has 0 atom stereocenters. The summed E-state index contributed by atoms with van der Waals surface area (Å²) in [7, 11) is 0. The molecule has 0 radical (unpaired) electrons. The van der Waals surface area contributed by atoms with E-state index in [9.17, 15) is 18.7 Å². The highest BCUT2D eigenvalue weighted by atomic mass is 127. The maximum absolute atomic E-state index is 14.0. The van der Waals surface area contributed by atoms with E-state index in [0.717, 1.165) is 6.33 Å². The number of halogens is 3. The molecular formula is C14H8F2IN3O2. The molecular weight excluding hydrogens is 407 g/mol. The first-order valence-electron chi connectivity index (χ1n) is 6.08. The van der Waals surface area contributed by atoms with Gasteiger partial charge in [0.05, 0.1) is 5.69 Å². The Morgan fingerprint density at radius 3 is 2.73 bits per heavy atom. The monoisotopic (exact) mass is 415 g/mol. The van der Waals surface area contributed by atoms with E-state index in [0.29, 0.717) is 3.57 Å². The summed E-state index contributed by atoms with van der Waals surface area (Å²) in [6.45, 7) is 0. The summed E-state index contributed by atoms with van der Waals surface area (Å²) in [5.74, 6) is -2.46. The van der Waals surface area contributed by atoms with E-state index in [1.54, 1.807) is 6.07 Å². The Labute approximate surface area is 136 Å². The number of rotatable bonds is 3. The SMILES string of the molecule is O=C(O)c1ccc2c(F)ncn2c1Nc1ccc(I)cc1F. The molecule has 22 heavy (non-hydrogen) atoms. The number of aromatic carboxylic acids is 1. The molecule has 0 saturated heterocycles. The molecule has 3 rings (SSSR count). The minimum Gasteiger partial charge on any atom is -0.478 e. The Balaban J connectivity index is 2.19. The number of imidazole rings is 1. The van der Waals surface area contributed by atoms with Crippen LogP contribution in [0.15, 0.2) is 36.7 Å². The summed E-state index contributed by atoms with van der Waals surface area (Å²) >= 11 is 1.96. The Morgan fingerprint density at radius 1 is 1.27 bits per heavy atom. The molecule has 0 aliphatic heterocycles. The van der Waals surface area contributed by atoms with Gasteiger partial charge in [0.15, 0.2) is 0 Å². The summed E-state index contributed by atoms with van der Waals surface area (Å²) in [5.41, 5.74) is 0.0609. The summed E-state index contributed by atoms with van der Waals surface area (Å²) in [5, 5.41) is 12.0. The van der Waals surface area contributed by atoms with Gasteiger partial charge in [0.1, 0.15) is 29.0 Å². The third-order valence-corrected chi connectivity index (χ3v) is 3.75. The molecule has 0 aliphatic rings. The number of carboxylic acid groups (broad SMARTS) is 1. The van der Waals surface area contributed by atoms with Crippen molar-refractivity contribution in [2.24, 2.45) is 0 Å². The van der Waals surface area contributed by atoms with E-state index >= 15 is 0 Å². The van der Waals surface area contributed by atoms with Crippen molar-refractivity contribution < 1.29 is 18.7 Å². The quantitative estimate of drug-likeness (QED) is 0.641. The summed E-state index contributed by atoms with van der Waals surface area (Å²) in [6, 6.07) is 7.00. The molecule has 0 spiro atoms. The predicted molar refractivity (Wildman–Crippen MR) is 84.5 cm³/mol. The van der Waals surface area contributed by atoms with Gasteiger partial charge in [-0.25, -0.2) is 14.2 Å². The Bertz CT molecular complexity index is 895. The highest BCUT2D eigenvalue weighted by Crippen LogP contribution is 2.26. The van der Waals surface area contributed by atoms with Crippen LogP contribution in [-0.2, 0) is 0 Å². The van der Waals surface area contributed by atoms with Crippen LogP contribution in [0.25, 0.3) is 5.52 Å². The molecule has 2 N–H and O–H groups in total. The van der Waals surface area contributed by atoms with Gasteiger partial charge in [0.2, 0.25) is 5.95 Å². The topological polar surface area (TPSA) is 66.6 Å². The maximum atomic E-state index is 14.0. The lowest BCUT2D eigenvalue weighted by Gasteiger charge is -2.13. The fourth-order valence-electron chi connectivity index (χ4n) is 2.05. The first kappa shape index (κ1) is 14.7. The number of fused-ring (bicyclic) bond motifs is 1. The van der Waals surface area contributed by atoms with Gasteiger partial charge >= 0.3 is 5.97 Å². The molecule has 8 heteroatoms. The molecule has 5 nitrogen and oxygen atoms in total. The maximum Gasteiger partial charge on any atom is 0.339 e. The van der Waals surface area contributed by atoms with Crippen LogP contribution in [0.2, 0.25) is 0 Å². The molecule has 0 aliphatic carbocycles. The minimum atomic E-state index is -1.22. The number of benzene rings is 1. The van der Waals surface area contributed by atoms with Crippen LogP contribution in [-0.4, -0.2) is 20.5 Å². The Morgan fingerprint density at radius 2 is 2.05 bits per heavy atom. The average Bonchev–Trinajstić information content (AvgIpc) is 2.84. The van der Waals surface area contributed by atoms with Crippen LogP contribution in [0, 0.1) is 15.3 Å². The van der Waals surface area contributed by atoms with Gasteiger partial charge in [-0.1, -0.05) is 0 Å². The molecule has 0 saturated carbocycles. The smallest absolute Gasteiger partial charge is 0.339 e. The molecule has 0 unspecified atom stereocenters. The third kappa shape index (κ3) is 2.49. The lowest BCUT2D eigenvalue weighted by atomic mass is 10.2. The van der Waals surface area contributed by atoms with Crippen LogP contribution >= 0.6 is 22.6 Å². The minimum absolute atomic E-state index is 0.0292. The number of hydrogen-bond donors (Lipinski definition) is 2. The number of nitrogens with zero attached hydrogens (tertiary/aromatic N) is 2. The summed E-state index contributed by atoms with van der Waals surface area (Å²) < 4.78 is 29.4. The summed E-state index contributed by atoms with van der Waals surface area (Å²) in [4.78, 5) is 14.8. The number of anilines is 2. The molecule has 0 fully saturated rings. The molecule has 2 heterocycles. The van der Waals surface area contributed by atoms with Gasteiger partial charge in [0, 0.05) is 3.57 Å². The molecule has 1 aromatic carbocycles. The molecule has 112 valence electrons. The van der Waals surface area contributed by atoms with Crippen molar-refractivity contribution in [3.05, 3.63) is 57.6 Å². The molecule has 2 aromatic heterocycles. The van der Waals surface area contributed by atoms with Gasteiger partial charge in [0.25, 0.3) is 0 Å². The van der Waals surface area contributed by atoms with Crippen LogP contribution < -0.4 is 5.32 Å². The molecule has 3 aromatic rings. The first-order chi connectivity index (χ1) is 10.5. The van der Waals surface area contributed by atoms with Gasteiger partial charge < -0.3 is 10.4 Å². The van der Waals surface area contributed by atoms with E-state index in [4.69, 9.17) is 0 Å². The van der Waals surface area contributed by atoms with Crippen molar-refractivity contribution in [3.8, 4) is 0 Å². The fourth-order valence-corrected chi connectivity index (χ4v) is 2.51. The third-order valence-electron chi connectivity index (χ3n) is 3.08. The van der Waals surface area contributed by atoms with Crippen molar-refractivity contribution in [1.29, 1.82) is 0 Å². The Hall–Kier alpha value is -2.23. The zero-order valence-corrected chi connectivity index (χ0v) is 13.0. The van der Waals surface area contributed by atoms with Crippen molar-refractivity contribution in [2.45, 2.75) is 0 Å². The van der Waals surface area contributed by atoms with Gasteiger partial charge in [-0.3, -0.25) is 4.40 Å². The highest BCUT2D eigenvalue weighted by Gasteiger charge is 2.17. The highest BCUT2D eigenvalue weighted by molar-refractivity contribution is 14.1. The van der Waals surface area contributed by atoms with E-state index < -0.39 is 17.7 Å². The van der Waals surface area contributed by atoms with Crippen molar-refractivity contribution in [2.75, 3.05) is 5.32 Å². The number of hydrogen-bond acceptors (Lipinski definition) is 3. The second-order valence-electron chi connectivity index (χ2n) is 4.44. The lowest BCUT2D eigenvalue weighted by Crippen LogP contribution is -2.08. The van der Waals surface area contributed by atoms with E-state index in [1.807, 2.05) is 22.6 Å². The standard InChI is InChI=1S/C14H8F2IN3O2/c15-9-5-7(17)1-3-10(9)19-13-8(14(21)22)2-4-11-12(16)18-6-20(11)13/h1-6,19H,(H,21,22). The second-order valence-corrected chi connectivity index (χ2v) is 5.69. The first-order valence-corrected chi connectivity index (χ1v) is 7.16. The van der Waals surface area contributed by atoms with Gasteiger partial charge in [-0.05, 0) is 52.9 Å².